The number of amides is 1. The highest BCUT2D eigenvalue weighted by atomic mass is 32.2. The maximum absolute atomic E-state index is 12.1. The van der Waals surface area contributed by atoms with E-state index in [4.69, 9.17) is 9.84 Å². The summed E-state index contributed by atoms with van der Waals surface area (Å²) in [5.41, 5.74) is 0. The van der Waals surface area contributed by atoms with Gasteiger partial charge in [-0.15, -0.1) is 11.8 Å². The Balaban J connectivity index is 1.84. The first-order valence-corrected chi connectivity index (χ1v) is 7.40. The number of carbonyl (C=O) groups excluding carboxylic acids is 1. The molecule has 0 aliphatic heterocycles. The van der Waals surface area contributed by atoms with Gasteiger partial charge in [0, 0.05) is 17.5 Å². The lowest BCUT2D eigenvalue weighted by Crippen LogP contribution is -2.36. The summed E-state index contributed by atoms with van der Waals surface area (Å²) in [4.78, 5) is 14.9. The summed E-state index contributed by atoms with van der Waals surface area (Å²) in [5, 5.41) is 8.99. The Labute approximate surface area is 117 Å². The number of rotatable bonds is 7. The van der Waals surface area contributed by atoms with Gasteiger partial charge in [0.15, 0.2) is 0 Å². The number of aliphatic hydroxyl groups excluding tert-OH is 1. The van der Waals surface area contributed by atoms with Crippen LogP contribution in [0.2, 0.25) is 0 Å². The van der Waals surface area contributed by atoms with E-state index >= 15 is 0 Å². The molecule has 1 aromatic carbocycles. The van der Waals surface area contributed by atoms with Crippen molar-refractivity contribution in [1.29, 1.82) is 0 Å². The minimum atomic E-state index is 0.0371. The number of ether oxygens (including phenoxy) is 1. The second-order valence-corrected chi connectivity index (χ2v) is 5.55. The van der Waals surface area contributed by atoms with E-state index in [0.717, 1.165) is 23.5 Å². The number of aliphatic hydroxyl groups is 1. The van der Waals surface area contributed by atoms with Gasteiger partial charge in [-0.3, -0.25) is 4.79 Å². The Morgan fingerprint density at radius 3 is 2.63 bits per heavy atom. The summed E-state index contributed by atoms with van der Waals surface area (Å²) in [6, 6.07) is 8.03. The number of carbonyl (C=O) groups is 1. The van der Waals surface area contributed by atoms with E-state index in [0.29, 0.717) is 18.3 Å². The summed E-state index contributed by atoms with van der Waals surface area (Å²) in [7, 11) is 1.63. The van der Waals surface area contributed by atoms with Crippen molar-refractivity contribution in [1.82, 2.24) is 4.90 Å². The molecule has 1 fully saturated rings. The third kappa shape index (κ3) is 4.14. The molecule has 0 bridgehead atoms. The van der Waals surface area contributed by atoms with Crippen LogP contribution in [-0.2, 0) is 4.79 Å². The molecule has 1 aliphatic carbocycles. The monoisotopic (exact) mass is 281 g/mol. The highest BCUT2D eigenvalue weighted by Crippen LogP contribution is 2.28. The van der Waals surface area contributed by atoms with Gasteiger partial charge in [-0.05, 0) is 37.1 Å². The number of methoxy groups -OCH3 is 1. The third-order valence-electron chi connectivity index (χ3n) is 3.07. The Morgan fingerprint density at radius 1 is 1.42 bits per heavy atom. The average molecular weight is 281 g/mol. The first-order valence-electron chi connectivity index (χ1n) is 6.41. The molecule has 1 aliphatic rings. The summed E-state index contributed by atoms with van der Waals surface area (Å²) in [6.07, 6.45) is 2.14. The van der Waals surface area contributed by atoms with Crippen LogP contribution in [0, 0.1) is 0 Å². The Bertz CT molecular complexity index is 417. The molecular weight excluding hydrogens is 262 g/mol. The first-order chi connectivity index (χ1) is 9.24. The van der Waals surface area contributed by atoms with E-state index in [1.807, 2.05) is 24.3 Å². The number of nitrogens with zero attached hydrogens (tertiary/aromatic N) is 1. The predicted molar refractivity (Wildman–Crippen MR) is 75.5 cm³/mol. The van der Waals surface area contributed by atoms with E-state index in [-0.39, 0.29) is 12.5 Å². The van der Waals surface area contributed by atoms with Gasteiger partial charge in [0.05, 0.1) is 19.5 Å². The molecule has 2 rings (SSSR count). The quantitative estimate of drug-likeness (QED) is 0.774. The van der Waals surface area contributed by atoms with Crippen LogP contribution in [0.1, 0.15) is 12.8 Å². The number of hydrogen-bond acceptors (Lipinski definition) is 4. The predicted octanol–water partition coefficient (Wildman–Crippen LogP) is 1.77. The van der Waals surface area contributed by atoms with Crippen LogP contribution in [0.3, 0.4) is 0 Å². The zero-order valence-electron chi connectivity index (χ0n) is 11.0. The summed E-state index contributed by atoms with van der Waals surface area (Å²) in [6.45, 7) is 0.488. The van der Waals surface area contributed by atoms with E-state index < -0.39 is 0 Å². The van der Waals surface area contributed by atoms with E-state index in [1.54, 1.807) is 12.0 Å². The molecule has 0 saturated heterocycles. The molecule has 0 heterocycles. The van der Waals surface area contributed by atoms with Crippen LogP contribution in [0.5, 0.6) is 5.75 Å². The van der Waals surface area contributed by atoms with Gasteiger partial charge in [0.1, 0.15) is 5.75 Å². The molecule has 1 aromatic rings. The van der Waals surface area contributed by atoms with E-state index in [9.17, 15) is 4.79 Å². The fraction of sp³-hybridized carbons (Fsp3) is 0.500. The Kier molecular flexibility index (Phi) is 5.10. The molecule has 0 radical (unpaired) electrons. The number of thioether (sulfide) groups is 1. The van der Waals surface area contributed by atoms with Gasteiger partial charge in [0.2, 0.25) is 5.91 Å². The number of hydrogen-bond donors (Lipinski definition) is 1. The van der Waals surface area contributed by atoms with Crippen molar-refractivity contribution in [3.8, 4) is 5.75 Å². The van der Waals surface area contributed by atoms with Gasteiger partial charge in [-0.1, -0.05) is 0 Å². The fourth-order valence-corrected chi connectivity index (χ4v) is 2.69. The van der Waals surface area contributed by atoms with Crippen LogP contribution in [0.4, 0.5) is 0 Å². The van der Waals surface area contributed by atoms with Gasteiger partial charge in [-0.25, -0.2) is 0 Å². The maximum Gasteiger partial charge on any atom is 0.233 e. The second kappa shape index (κ2) is 6.82. The summed E-state index contributed by atoms with van der Waals surface area (Å²) >= 11 is 1.52. The SMILES string of the molecule is COc1ccc(SCC(=O)N(CCO)C2CC2)cc1. The number of benzene rings is 1. The molecule has 19 heavy (non-hydrogen) atoms. The van der Waals surface area contributed by atoms with Crippen molar-refractivity contribution in [3.63, 3.8) is 0 Å². The van der Waals surface area contributed by atoms with Crippen molar-refractivity contribution in [2.75, 3.05) is 26.0 Å². The molecule has 0 atom stereocenters. The molecule has 104 valence electrons. The van der Waals surface area contributed by atoms with Crippen molar-refractivity contribution in [3.05, 3.63) is 24.3 Å². The third-order valence-corrected chi connectivity index (χ3v) is 4.07. The molecule has 5 heteroatoms. The fourth-order valence-electron chi connectivity index (χ4n) is 1.90. The molecule has 4 nitrogen and oxygen atoms in total. The zero-order chi connectivity index (χ0) is 13.7. The van der Waals surface area contributed by atoms with Crippen LogP contribution < -0.4 is 4.74 Å². The molecule has 0 spiro atoms. The molecular formula is C14H19NO3S. The van der Waals surface area contributed by atoms with Crippen LogP contribution >= 0.6 is 11.8 Å². The minimum absolute atomic E-state index is 0.0371. The maximum atomic E-state index is 12.1. The van der Waals surface area contributed by atoms with Gasteiger partial charge >= 0.3 is 0 Å². The highest BCUT2D eigenvalue weighted by Gasteiger charge is 2.31. The largest absolute Gasteiger partial charge is 0.497 e. The van der Waals surface area contributed by atoms with Gasteiger partial charge < -0.3 is 14.7 Å². The van der Waals surface area contributed by atoms with E-state index in [2.05, 4.69) is 0 Å². The van der Waals surface area contributed by atoms with Crippen molar-refractivity contribution < 1.29 is 14.6 Å². The molecule has 0 aromatic heterocycles. The van der Waals surface area contributed by atoms with Gasteiger partial charge in [0.25, 0.3) is 0 Å². The lowest BCUT2D eigenvalue weighted by molar-refractivity contribution is -0.129. The van der Waals surface area contributed by atoms with E-state index in [1.165, 1.54) is 11.8 Å². The van der Waals surface area contributed by atoms with Crippen molar-refractivity contribution in [2.45, 2.75) is 23.8 Å². The normalized spacial score (nSPS) is 14.2. The topological polar surface area (TPSA) is 49.8 Å². The summed E-state index contributed by atoms with van der Waals surface area (Å²) < 4.78 is 5.09. The second-order valence-electron chi connectivity index (χ2n) is 4.51. The standard InChI is InChI=1S/C14H19NO3S/c1-18-12-4-6-13(7-5-12)19-10-14(17)15(8-9-16)11-2-3-11/h4-7,11,16H,2-3,8-10H2,1H3. The Morgan fingerprint density at radius 2 is 2.11 bits per heavy atom. The molecule has 0 unspecified atom stereocenters. The lowest BCUT2D eigenvalue weighted by atomic mass is 10.3. The van der Waals surface area contributed by atoms with Crippen LogP contribution in [0.25, 0.3) is 0 Å². The smallest absolute Gasteiger partial charge is 0.233 e. The molecule has 1 saturated carbocycles. The van der Waals surface area contributed by atoms with Crippen LogP contribution in [-0.4, -0.2) is 48.0 Å². The highest BCUT2D eigenvalue weighted by molar-refractivity contribution is 8.00. The Hall–Kier alpha value is -1.20. The molecule has 1 amide bonds. The minimum Gasteiger partial charge on any atom is -0.497 e. The molecule has 1 N–H and O–H groups in total. The van der Waals surface area contributed by atoms with Gasteiger partial charge in [-0.2, -0.15) is 0 Å². The lowest BCUT2D eigenvalue weighted by Gasteiger charge is -2.21. The summed E-state index contributed by atoms with van der Waals surface area (Å²) in [5.74, 6) is 1.34. The van der Waals surface area contributed by atoms with Crippen molar-refractivity contribution >= 4 is 17.7 Å². The van der Waals surface area contributed by atoms with Crippen LogP contribution in [0.15, 0.2) is 29.2 Å². The first kappa shape index (κ1) is 14.2. The van der Waals surface area contributed by atoms with Crippen molar-refractivity contribution in [2.24, 2.45) is 0 Å². The zero-order valence-corrected chi connectivity index (χ0v) is 11.9. The average Bonchev–Trinajstić information content (AvgIpc) is 3.27.